The van der Waals surface area contributed by atoms with Crippen molar-refractivity contribution in [3.05, 3.63) is 64.2 Å². The molecule has 1 saturated heterocycles. The number of hydrogen-bond donors (Lipinski definition) is 0. The molecule has 1 unspecified atom stereocenters. The Bertz CT molecular complexity index is 810. The Morgan fingerprint density at radius 1 is 1.11 bits per heavy atom. The zero-order valence-electron chi connectivity index (χ0n) is 15.8. The molecule has 1 atom stereocenters. The Hall–Kier alpha value is -1.84. The Morgan fingerprint density at radius 2 is 1.85 bits per heavy atom. The number of benzene rings is 2. The minimum Gasteiger partial charge on any atom is -0.497 e. The number of ether oxygens (including phenoxy) is 1. The smallest absolute Gasteiger partial charge is 0.166 e. The lowest BCUT2D eigenvalue weighted by Gasteiger charge is -2.33. The third-order valence-electron chi connectivity index (χ3n) is 6.06. The summed E-state index contributed by atoms with van der Waals surface area (Å²) in [5.74, 6) is 1.98. The van der Waals surface area contributed by atoms with E-state index in [4.69, 9.17) is 16.3 Å². The van der Waals surface area contributed by atoms with Gasteiger partial charge in [-0.15, -0.1) is 0 Å². The molecule has 4 rings (SSSR count). The van der Waals surface area contributed by atoms with E-state index in [9.17, 15) is 4.79 Å². The Morgan fingerprint density at radius 3 is 2.56 bits per heavy atom. The molecule has 0 amide bonds. The zero-order chi connectivity index (χ0) is 18.8. The number of carbonyl (C=O) groups is 1. The summed E-state index contributed by atoms with van der Waals surface area (Å²) in [5.41, 5.74) is 3.37. The number of rotatable bonds is 5. The molecule has 2 aromatic rings. The second-order valence-electron chi connectivity index (χ2n) is 7.87. The number of carbonyl (C=O) groups excluding carboxylic acids is 1. The number of fused-ring (bicyclic) bond motifs is 1. The molecule has 3 nitrogen and oxygen atoms in total. The van der Waals surface area contributed by atoms with Gasteiger partial charge in [-0.2, -0.15) is 0 Å². The lowest BCUT2D eigenvalue weighted by atomic mass is 9.85. The van der Waals surface area contributed by atoms with E-state index >= 15 is 0 Å². The van der Waals surface area contributed by atoms with E-state index in [-0.39, 0.29) is 5.92 Å². The molecular weight excluding hydrogens is 358 g/mol. The number of piperidine rings is 1. The van der Waals surface area contributed by atoms with Gasteiger partial charge in [0.1, 0.15) is 5.75 Å². The van der Waals surface area contributed by atoms with Crippen LogP contribution in [-0.2, 0) is 13.0 Å². The van der Waals surface area contributed by atoms with E-state index in [0.29, 0.717) is 11.7 Å². The lowest BCUT2D eigenvalue weighted by Crippen LogP contribution is -2.34. The Labute approximate surface area is 166 Å². The molecule has 2 aromatic carbocycles. The van der Waals surface area contributed by atoms with Gasteiger partial charge in [0, 0.05) is 23.0 Å². The van der Waals surface area contributed by atoms with Gasteiger partial charge in [0.15, 0.2) is 5.78 Å². The van der Waals surface area contributed by atoms with Crippen molar-refractivity contribution in [3.8, 4) is 5.75 Å². The van der Waals surface area contributed by atoms with Crippen molar-refractivity contribution < 1.29 is 9.53 Å². The van der Waals surface area contributed by atoms with Crippen molar-refractivity contribution in [3.63, 3.8) is 0 Å². The van der Waals surface area contributed by atoms with Gasteiger partial charge >= 0.3 is 0 Å². The van der Waals surface area contributed by atoms with E-state index in [1.807, 2.05) is 30.3 Å². The maximum atomic E-state index is 12.7. The fourth-order valence-electron chi connectivity index (χ4n) is 4.51. The first-order chi connectivity index (χ1) is 13.1. The first-order valence-corrected chi connectivity index (χ1v) is 10.2. The summed E-state index contributed by atoms with van der Waals surface area (Å²) in [6.07, 6.45) is 4.25. The molecule has 4 heteroatoms. The first-order valence-electron chi connectivity index (χ1n) is 9.80. The average molecular weight is 384 g/mol. The van der Waals surface area contributed by atoms with Crippen molar-refractivity contribution in [2.24, 2.45) is 11.8 Å². The highest BCUT2D eigenvalue weighted by atomic mass is 35.5. The third kappa shape index (κ3) is 4.20. The maximum absolute atomic E-state index is 12.7. The van der Waals surface area contributed by atoms with Gasteiger partial charge in [-0.25, -0.2) is 0 Å². The molecule has 0 saturated carbocycles. The van der Waals surface area contributed by atoms with E-state index in [2.05, 4.69) is 17.0 Å². The van der Waals surface area contributed by atoms with Crippen LogP contribution >= 0.6 is 11.6 Å². The van der Waals surface area contributed by atoms with Gasteiger partial charge in [0.2, 0.25) is 0 Å². The molecule has 0 aromatic heterocycles. The van der Waals surface area contributed by atoms with Crippen LogP contribution in [0.3, 0.4) is 0 Å². The van der Waals surface area contributed by atoms with Gasteiger partial charge in [-0.1, -0.05) is 23.7 Å². The molecule has 0 N–H and O–H groups in total. The van der Waals surface area contributed by atoms with E-state index in [1.165, 1.54) is 18.4 Å². The topological polar surface area (TPSA) is 29.5 Å². The number of ketones is 1. The normalized spacial score (nSPS) is 20.7. The average Bonchev–Trinajstić information content (AvgIpc) is 3.00. The minimum absolute atomic E-state index is 0.153. The maximum Gasteiger partial charge on any atom is 0.166 e. The summed E-state index contributed by atoms with van der Waals surface area (Å²) in [5, 5.41) is 0.789. The van der Waals surface area contributed by atoms with Gasteiger partial charge in [-0.3, -0.25) is 9.69 Å². The third-order valence-corrected chi connectivity index (χ3v) is 6.31. The molecule has 1 aliphatic carbocycles. The molecule has 1 aliphatic heterocycles. The van der Waals surface area contributed by atoms with Crippen LogP contribution in [0.1, 0.15) is 40.7 Å². The number of halogens is 1. The number of hydrogen-bond acceptors (Lipinski definition) is 3. The molecule has 142 valence electrons. The molecule has 27 heavy (non-hydrogen) atoms. The van der Waals surface area contributed by atoms with Crippen LogP contribution in [0.25, 0.3) is 0 Å². The second kappa shape index (κ2) is 8.04. The number of Topliss-reactive ketones (excluding diaryl/α,β-unsaturated/α-hetero) is 1. The van der Waals surface area contributed by atoms with Crippen molar-refractivity contribution in [1.82, 2.24) is 4.90 Å². The highest BCUT2D eigenvalue weighted by molar-refractivity contribution is 6.30. The zero-order valence-corrected chi connectivity index (χ0v) is 16.5. The fraction of sp³-hybridized carbons (Fsp3) is 0.435. The molecule has 2 aliphatic rings. The van der Waals surface area contributed by atoms with Gasteiger partial charge in [0.25, 0.3) is 0 Å². The largest absolute Gasteiger partial charge is 0.497 e. The molecule has 0 bridgehead atoms. The molecular formula is C23H26ClNO2. The summed E-state index contributed by atoms with van der Waals surface area (Å²) in [7, 11) is 1.67. The van der Waals surface area contributed by atoms with E-state index < -0.39 is 0 Å². The van der Waals surface area contributed by atoms with Crippen LogP contribution in [0.5, 0.6) is 5.75 Å². The van der Waals surface area contributed by atoms with E-state index in [1.54, 1.807) is 7.11 Å². The molecule has 0 radical (unpaired) electrons. The van der Waals surface area contributed by atoms with Crippen molar-refractivity contribution in [2.45, 2.75) is 32.2 Å². The summed E-state index contributed by atoms with van der Waals surface area (Å²) in [6, 6.07) is 14.0. The second-order valence-corrected chi connectivity index (χ2v) is 8.31. The minimum atomic E-state index is 0.153. The quantitative estimate of drug-likeness (QED) is 0.727. The van der Waals surface area contributed by atoms with Crippen LogP contribution < -0.4 is 4.74 Å². The summed E-state index contributed by atoms with van der Waals surface area (Å²) < 4.78 is 5.30. The monoisotopic (exact) mass is 383 g/mol. The highest BCUT2D eigenvalue weighted by Crippen LogP contribution is 2.35. The lowest BCUT2D eigenvalue weighted by molar-refractivity contribution is 0.0896. The standard InChI is InChI=1S/C23H26ClNO2/c1-27-21-6-7-22-18(14-21)13-19(23(22)26)12-16-8-10-25(11-9-16)15-17-2-4-20(24)5-3-17/h2-7,14,16,19H,8-13,15H2,1H3. The van der Waals surface area contributed by atoms with Crippen LogP contribution in [0.4, 0.5) is 0 Å². The predicted molar refractivity (Wildman–Crippen MR) is 109 cm³/mol. The van der Waals surface area contributed by atoms with Crippen molar-refractivity contribution in [1.29, 1.82) is 0 Å². The van der Waals surface area contributed by atoms with Crippen molar-refractivity contribution in [2.75, 3.05) is 20.2 Å². The van der Waals surface area contributed by atoms with Gasteiger partial charge < -0.3 is 4.74 Å². The predicted octanol–water partition coefficient (Wildman–Crippen LogP) is 5.01. The SMILES string of the molecule is COc1ccc2c(c1)CC(CC1CCN(Cc3ccc(Cl)cc3)CC1)C2=O. The van der Waals surface area contributed by atoms with E-state index in [0.717, 1.165) is 54.4 Å². The van der Waals surface area contributed by atoms with Crippen LogP contribution in [0, 0.1) is 11.8 Å². The number of likely N-dealkylation sites (tertiary alicyclic amines) is 1. The summed E-state index contributed by atoms with van der Waals surface area (Å²) >= 11 is 5.97. The highest BCUT2D eigenvalue weighted by Gasteiger charge is 2.33. The first kappa shape index (κ1) is 18.5. The van der Waals surface area contributed by atoms with Crippen LogP contribution in [0.15, 0.2) is 42.5 Å². The van der Waals surface area contributed by atoms with Gasteiger partial charge in [0.05, 0.1) is 7.11 Å². The fourth-order valence-corrected chi connectivity index (χ4v) is 4.63. The van der Waals surface area contributed by atoms with Crippen molar-refractivity contribution >= 4 is 17.4 Å². The van der Waals surface area contributed by atoms with Crippen LogP contribution in [0.2, 0.25) is 5.02 Å². The molecule has 0 spiro atoms. The molecule has 1 fully saturated rings. The summed E-state index contributed by atoms with van der Waals surface area (Å²) in [6.45, 7) is 3.20. The van der Waals surface area contributed by atoms with Crippen LogP contribution in [-0.4, -0.2) is 30.9 Å². The van der Waals surface area contributed by atoms with Gasteiger partial charge in [-0.05, 0) is 86.1 Å². The summed E-state index contributed by atoms with van der Waals surface area (Å²) in [4.78, 5) is 15.3. The number of nitrogens with zero attached hydrogens (tertiary/aromatic N) is 1. The number of methoxy groups -OCH3 is 1. The molecule has 1 heterocycles. The Balaban J connectivity index is 1.29. The Kier molecular flexibility index (Phi) is 5.51.